The molecule has 0 amide bonds. The summed E-state index contributed by atoms with van der Waals surface area (Å²) in [4.78, 5) is 0. The first kappa shape index (κ1) is 12.7. The van der Waals surface area contributed by atoms with Gasteiger partial charge in [0, 0.05) is 18.8 Å². The van der Waals surface area contributed by atoms with Gasteiger partial charge in [0.1, 0.15) is 0 Å². The minimum atomic E-state index is 0.727. The van der Waals surface area contributed by atoms with Crippen LogP contribution in [0, 0.1) is 6.92 Å². The van der Waals surface area contributed by atoms with Crippen molar-refractivity contribution in [2.24, 2.45) is 0 Å². The highest BCUT2D eigenvalue weighted by molar-refractivity contribution is 6.31. The van der Waals surface area contributed by atoms with Gasteiger partial charge in [-0.1, -0.05) is 35.9 Å². The Kier molecular flexibility index (Phi) is 3.58. The molecule has 3 rings (SSSR count). The summed E-state index contributed by atoms with van der Waals surface area (Å²) in [6, 6.07) is 9.45. The fraction of sp³-hybridized carbons (Fsp3) is 0.400. The van der Waals surface area contributed by atoms with Gasteiger partial charge in [-0.05, 0) is 30.9 Å². The number of halogens is 1. The molecule has 0 aliphatic heterocycles. The number of aromatic nitrogens is 2. The Morgan fingerprint density at radius 1 is 1.26 bits per heavy atom. The smallest absolute Gasteiger partial charge is 0.0815 e. The van der Waals surface area contributed by atoms with E-state index in [9.17, 15) is 0 Å². The van der Waals surface area contributed by atoms with Crippen LogP contribution in [0.15, 0.2) is 30.5 Å². The molecule has 100 valence electrons. The van der Waals surface area contributed by atoms with Crippen LogP contribution in [0.2, 0.25) is 5.02 Å². The van der Waals surface area contributed by atoms with E-state index in [1.54, 1.807) is 0 Å². The predicted molar refractivity (Wildman–Crippen MR) is 77.4 cm³/mol. The maximum Gasteiger partial charge on any atom is 0.0815 e. The van der Waals surface area contributed by atoms with Crippen LogP contribution in [0.25, 0.3) is 0 Å². The van der Waals surface area contributed by atoms with Crippen molar-refractivity contribution >= 4 is 11.6 Å². The Hall–Kier alpha value is -1.32. The third-order valence-corrected chi connectivity index (χ3v) is 3.80. The molecule has 1 aromatic carbocycles. The maximum absolute atomic E-state index is 6.01. The lowest BCUT2D eigenvalue weighted by atomic mass is 10.1. The molecule has 0 atom stereocenters. The molecule has 1 saturated carbocycles. The lowest BCUT2D eigenvalue weighted by molar-refractivity contribution is 0.675. The molecule has 1 aromatic heterocycles. The van der Waals surface area contributed by atoms with Gasteiger partial charge < -0.3 is 5.32 Å². The zero-order valence-corrected chi connectivity index (χ0v) is 11.8. The van der Waals surface area contributed by atoms with E-state index in [0.717, 1.165) is 29.8 Å². The van der Waals surface area contributed by atoms with Gasteiger partial charge in [-0.2, -0.15) is 5.10 Å². The van der Waals surface area contributed by atoms with Gasteiger partial charge in [-0.15, -0.1) is 0 Å². The van der Waals surface area contributed by atoms with Crippen molar-refractivity contribution in [3.8, 4) is 0 Å². The van der Waals surface area contributed by atoms with Crippen molar-refractivity contribution in [1.82, 2.24) is 15.1 Å². The molecule has 0 radical (unpaired) electrons. The van der Waals surface area contributed by atoms with E-state index in [2.05, 4.69) is 34.7 Å². The quantitative estimate of drug-likeness (QED) is 0.908. The van der Waals surface area contributed by atoms with Gasteiger partial charge in [0.15, 0.2) is 0 Å². The van der Waals surface area contributed by atoms with Gasteiger partial charge in [0.05, 0.1) is 17.3 Å². The molecule has 0 unspecified atom stereocenters. The first-order chi connectivity index (χ1) is 9.20. The Morgan fingerprint density at radius 3 is 2.53 bits per heavy atom. The summed E-state index contributed by atoms with van der Waals surface area (Å²) >= 11 is 6.01. The average molecular weight is 276 g/mol. The number of hydrogen-bond acceptors (Lipinski definition) is 2. The zero-order chi connectivity index (χ0) is 13.2. The molecule has 1 heterocycles. The van der Waals surface area contributed by atoms with Gasteiger partial charge in [-0.3, -0.25) is 4.68 Å². The second-order valence-electron chi connectivity index (χ2n) is 5.23. The van der Waals surface area contributed by atoms with E-state index in [0.29, 0.717) is 0 Å². The minimum absolute atomic E-state index is 0.727. The van der Waals surface area contributed by atoms with Crippen molar-refractivity contribution in [2.75, 3.05) is 0 Å². The highest BCUT2D eigenvalue weighted by Crippen LogP contribution is 2.19. The summed E-state index contributed by atoms with van der Waals surface area (Å²) in [5.41, 5.74) is 3.46. The van der Waals surface area contributed by atoms with Gasteiger partial charge in [0.2, 0.25) is 0 Å². The molecule has 0 spiro atoms. The maximum atomic E-state index is 6.01. The van der Waals surface area contributed by atoms with E-state index in [1.165, 1.54) is 24.0 Å². The third kappa shape index (κ3) is 3.37. The molecule has 1 aliphatic carbocycles. The molecule has 1 aliphatic rings. The third-order valence-electron chi connectivity index (χ3n) is 3.43. The van der Waals surface area contributed by atoms with Crippen LogP contribution in [-0.4, -0.2) is 15.8 Å². The van der Waals surface area contributed by atoms with Gasteiger partial charge in [0.25, 0.3) is 0 Å². The van der Waals surface area contributed by atoms with Gasteiger partial charge >= 0.3 is 0 Å². The first-order valence-electron chi connectivity index (χ1n) is 6.71. The number of aryl methyl sites for hydroxylation is 1. The first-order valence-corrected chi connectivity index (χ1v) is 7.09. The Labute approximate surface area is 118 Å². The van der Waals surface area contributed by atoms with Crippen molar-refractivity contribution in [2.45, 2.75) is 38.9 Å². The SMILES string of the molecule is Cc1nn(Cc2ccc(CNC3CC3)cc2)cc1Cl. The lowest BCUT2D eigenvalue weighted by Crippen LogP contribution is -2.15. The molecule has 4 heteroatoms. The number of hydrogen-bond donors (Lipinski definition) is 1. The van der Waals surface area contributed by atoms with E-state index >= 15 is 0 Å². The summed E-state index contributed by atoms with van der Waals surface area (Å²) in [7, 11) is 0. The van der Waals surface area contributed by atoms with Crippen molar-refractivity contribution < 1.29 is 0 Å². The molecule has 0 saturated heterocycles. The monoisotopic (exact) mass is 275 g/mol. The normalized spacial score (nSPS) is 14.8. The second-order valence-corrected chi connectivity index (χ2v) is 5.64. The second kappa shape index (κ2) is 5.35. The number of nitrogens with zero attached hydrogens (tertiary/aromatic N) is 2. The molecule has 3 nitrogen and oxygen atoms in total. The predicted octanol–water partition coefficient (Wildman–Crippen LogP) is 3.15. The summed E-state index contributed by atoms with van der Waals surface area (Å²) in [6.07, 6.45) is 4.54. The van der Waals surface area contributed by atoms with Crippen LogP contribution in [0.3, 0.4) is 0 Å². The molecule has 1 N–H and O–H groups in total. The van der Waals surface area contributed by atoms with E-state index in [4.69, 9.17) is 11.6 Å². The van der Waals surface area contributed by atoms with Crippen LogP contribution in [-0.2, 0) is 13.1 Å². The largest absolute Gasteiger partial charge is 0.310 e. The Morgan fingerprint density at radius 2 is 1.95 bits per heavy atom. The summed E-state index contributed by atoms with van der Waals surface area (Å²) in [6.45, 7) is 3.66. The minimum Gasteiger partial charge on any atom is -0.310 e. The number of rotatable bonds is 5. The topological polar surface area (TPSA) is 29.9 Å². The molecular formula is C15H18ClN3. The number of nitrogens with one attached hydrogen (secondary N) is 1. The summed E-state index contributed by atoms with van der Waals surface area (Å²) < 4.78 is 1.88. The number of benzene rings is 1. The Balaban J connectivity index is 1.61. The molecule has 19 heavy (non-hydrogen) atoms. The fourth-order valence-corrected chi connectivity index (χ4v) is 2.22. The van der Waals surface area contributed by atoms with Crippen molar-refractivity contribution in [3.05, 3.63) is 52.3 Å². The summed E-state index contributed by atoms with van der Waals surface area (Å²) in [5.74, 6) is 0. The van der Waals surface area contributed by atoms with Crippen LogP contribution < -0.4 is 5.32 Å². The van der Waals surface area contributed by atoms with E-state index in [-0.39, 0.29) is 0 Å². The van der Waals surface area contributed by atoms with E-state index < -0.39 is 0 Å². The highest BCUT2D eigenvalue weighted by atomic mass is 35.5. The summed E-state index contributed by atoms with van der Waals surface area (Å²) in [5, 5.41) is 8.61. The fourth-order valence-electron chi connectivity index (χ4n) is 2.07. The molecule has 1 fully saturated rings. The van der Waals surface area contributed by atoms with Crippen molar-refractivity contribution in [3.63, 3.8) is 0 Å². The van der Waals surface area contributed by atoms with E-state index in [1.807, 2.05) is 17.8 Å². The molecule has 0 bridgehead atoms. The van der Waals surface area contributed by atoms with Crippen molar-refractivity contribution in [1.29, 1.82) is 0 Å². The van der Waals surface area contributed by atoms with Gasteiger partial charge in [-0.25, -0.2) is 0 Å². The highest BCUT2D eigenvalue weighted by Gasteiger charge is 2.19. The zero-order valence-electron chi connectivity index (χ0n) is 11.1. The van der Waals surface area contributed by atoms with Crippen LogP contribution in [0.1, 0.15) is 29.7 Å². The standard InChI is InChI=1S/C15H18ClN3/c1-11-15(16)10-19(18-11)9-13-4-2-12(3-5-13)8-17-14-6-7-14/h2-5,10,14,17H,6-9H2,1H3. The molecular weight excluding hydrogens is 258 g/mol. The average Bonchev–Trinajstić information content (AvgIpc) is 3.16. The van der Waals surface area contributed by atoms with Crippen LogP contribution in [0.5, 0.6) is 0 Å². The molecule has 2 aromatic rings. The Bertz CT molecular complexity index is 536. The lowest BCUT2D eigenvalue weighted by Gasteiger charge is -2.05. The van der Waals surface area contributed by atoms with Crippen LogP contribution in [0.4, 0.5) is 0 Å². The van der Waals surface area contributed by atoms with Crippen LogP contribution >= 0.6 is 11.6 Å².